The normalized spacial score (nSPS) is 15.1. The van der Waals surface area contributed by atoms with E-state index in [4.69, 9.17) is 10.1 Å². The number of hydrogen-bond donors (Lipinski definition) is 2. The standard InChI is InChI=1S/C18H18F3N3O2S/c1-26-8-2-7-24-9-14(25)15(16(24)22)17-23-13(10-27-17)11-3-5-12(6-4-11)18(19,20)21/h3-6,10,22,25H,2,7-9H2,1H3. The van der Waals surface area contributed by atoms with Crippen LogP contribution in [0, 0.1) is 5.41 Å². The molecule has 0 saturated carbocycles. The van der Waals surface area contributed by atoms with Gasteiger partial charge < -0.3 is 14.7 Å². The van der Waals surface area contributed by atoms with Gasteiger partial charge in [-0.2, -0.15) is 13.2 Å². The van der Waals surface area contributed by atoms with E-state index >= 15 is 0 Å². The minimum Gasteiger partial charge on any atom is -0.510 e. The maximum Gasteiger partial charge on any atom is 0.416 e. The molecule has 1 aromatic carbocycles. The van der Waals surface area contributed by atoms with Gasteiger partial charge in [-0.25, -0.2) is 4.98 Å². The zero-order valence-corrected chi connectivity index (χ0v) is 15.3. The fourth-order valence-corrected chi connectivity index (χ4v) is 3.70. The van der Waals surface area contributed by atoms with E-state index in [1.165, 1.54) is 23.5 Å². The predicted molar refractivity (Wildman–Crippen MR) is 97.9 cm³/mol. The number of rotatable bonds is 6. The fraction of sp³-hybridized carbons (Fsp3) is 0.333. The lowest BCUT2D eigenvalue weighted by Gasteiger charge is -2.17. The molecule has 0 amide bonds. The van der Waals surface area contributed by atoms with Crippen LogP contribution in [0.25, 0.3) is 16.8 Å². The number of ether oxygens (including phenoxy) is 1. The van der Waals surface area contributed by atoms with Crippen molar-refractivity contribution in [3.63, 3.8) is 0 Å². The average Bonchev–Trinajstić information content (AvgIpc) is 3.19. The van der Waals surface area contributed by atoms with E-state index in [9.17, 15) is 18.3 Å². The molecular formula is C18H18F3N3O2S. The molecule has 5 nitrogen and oxygen atoms in total. The molecule has 1 aromatic heterocycles. The van der Waals surface area contributed by atoms with E-state index in [0.29, 0.717) is 35.0 Å². The Morgan fingerprint density at radius 1 is 1.30 bits per heavy atom. The summed E-state index contributed by atoms with van der Waals surface area (Å²) in [5, 5.41) is 20.7. The Bertz CT molecular complexity index is 859. The van der Waals surface area contributed by atoms with Gasteiger partial charge in [-0.15, -0.1) is 11.3 Å². The predicted octanol–water partition coefficient (Wildman–Crippen LogP) is 4.43. The van der Waals surface area contributed by atoms with Crippen molar-refractivity contribution in [2.24, 2.45) is 0 Å². The molecule has 0 saturated heterocycles. The number of halogens is 3. The van der Waals surface area contributed by atoms with Crippen molar-refractivity contribution >= 4 is 22.7 Å². The Balaban J connectivity index is 1.77. The SMILES string of the molecule is COCCCN1CC(O)=C(c2nc(-c3ccc(C(F)(F)F)cc3)cs2)C1=N. The first-order valence-electron chi connectivity index (χ1n) is 8.19. The van der Waals surface area contributed by atoms with E-state index in [2.05, 4.69) is 4.98 Å². The van der Waals surface area contributed by atoms with Gasteiger partial charge in [0.1, 0.15) is 16.6 Å². The average molecular weight is 397 g/mol. The maximum absolute atomic E-state index is 12.7. The molecule has 2 N–H and O–H groups in total. The molecule has 0 fully saturated rings. The summed E-state index contributed by atoms with van der Waals surface area (Å²) in [5.41, 5.74) is 0.712. The van der Waals surface area contributed by atoms with Crippen LogP contribution in [0.1, 0.15) is 17.0 Å². The second kappa shape index (κ2) is 7.69. The third kappa shape index (κ3) is 4.14. The van der Waals surface area contributed by atoms with Gasteiger partial charge in [-0.05, 0) is 18.6 Å². The lowest BCUT2D eigenvalue weighted by atomic mass is 10.1. The summed E-state index contributed by atoms with van der Waals surface area (Å²) >= 11 is 1.25. The van der Waals surface area contributed by atoms with Crippen molar-refractivity contribution in [3.8, 4) is 11.3 Å². The highest BCUT2D eigenvalue weighted by atomic mass is 32.1. The molecule has 0 radical (unpaired) electrons. The monoisotopic (exact) mass is 397 g/mol. The van der Waals surface area contributed by atoms with Crippen LogP contribution in [-0.4, -0.2) is 47.6 Å². The second-order valence-electron chi connectivity index (χ2n) is 6.05. The van der Waals surface area contributed by atoms with Crippen LogP contribution in [0.2, 0.25) is 0 Å². The molecule has 144 valence electrons. The van der Waals surface area contributed by atoms with Crippen molar-refractivity contribution in [2.75, 3.05) is 26.8 Å². The third-order valence-corrected chi connectivity index (χ3v) is 5.04. The first-order chi connectivity index (χ1) is 12.8. The lowest BCUT2D eigenvalue weighted by molar-refractivity contribution is -0.137. The molecule has 3 rings (SSSR count). The van der Waals surface area contributed by atoms with Crippen LogP contribution >= 0.6 is 11.3 Å². The number of aliphatic hydroxyl groups is 1. The number of benzene rings is 1. The van der Waals surface area contributed by atoms with Crippen LogP contribution < -0.4 is 0 Å². The Morgan fingerprint density at radius 2 is 2.00 bits per heavy atom. The van der Waals surface area contributed by atoms with Gasteiger partial charge in [0.2, 0.25) is 0 Å². The number of aromatic nitrogens is 1. The van der Waals surface area contributed by atoms with E-state index in [-0.39, 0.29) is 18.1 Å². The number of methoxy groups -OCH3 is 1. The Kier molecular flexibility index (Phi) is 5.52. The summed E-state index contributed by atoms with van der Waals surface area (Å²) in [6, 6.07) is 4.76. The van der Waals surface area contributed by atoms with E-state index in [1.54, 1.807) is 17.4 Å². The van der Waals surface area contributed by atoms with E-state index in [0.717, 1.165) is 18.6 Å². The number of thiazole rings is 1. The summed E-state index contributed by atoms with van der Waals surface area (Å²) in [7, 11) is 1.61. The summed E-state index contributed by atoms with van der Waals surface area (Å²) in [6.45, 7) is 1.39. The largest absolute Gasteiger partial charge is 0.510 e. The van der Waals surface area contributed by atoms with Gasteiger partial charge in [-0.3, -0.25) is 5.41 Å². The highest BCUT2D eigenvalue weighted by molar-refractivity contribution is 7.11. The molecule has 9 heteroatoms. The van der Waals surface area contributed by atoms with Gasteiger partial charge in [0.05, 0.1) is 23.4 Å². The van der Waals surface area contributed by atoms with Crippen LogP contribution in [0.4, 0.5) is 13.2 Å². The summed E-state index contributed by atoms with van der Waals surface area (Å²) < 4.78 is 43.0. The topological polar surface area (TPSA) is 69.4 Å². The Morgan fingerprint density at radius 3 is 2.63 bits per heavy atom. The number of amidine groups is 1. The van der Waals surface area contributed by atoms with Crippen molar-refractivity contribution in [3.05, 3.63) is 46.0 Å². The van der Waals surface area contributed by atoms with Gasteiger partial charge in [0.15, 0.2) is 0 Å². The Hall–Kier alpha value is -2.39. The number of hydrogen-bond acceptors (Lipinski definition) is 5. The van der Waals surface area contributed by atoms with Crippen molar-refractivity contribution < 1.29 is 23.0 Å². The molecule has 2 aromatic rings. The molecule has 0 atom stereocenters. The smallest absolute Gasteiger partial charge is 0.416 e. The molecular weight excluding hydrogens is 379 g/mol. The lowest BCUT2D eigenvalue weighted by Crippen LogP contribution is -2.28. The first kappa shape index (κ1) is 19.4. The number of alkyl halides is 3. The van der Waals surface area contributed by atoms with E-state index < -0.39 is 11.7 Å². The quantitative estimate of drug-likeness (QED) is 0.708. The van der Waals surface area contributed by atoms with Crippen LogP contribution in [0.3, 0.4) is 0 Å². The zero-order chi connectivity index (χ0) is 19.6. The van der Waals surface area contributed by atoms with Gasteiger partial charge >= 0.3 is 6.18 Å². The fourth-order valence-electron chi connectivity index (χ4n) is 2.80. The van der Waals surface area contributed by atoms with Crippen LogP contribution in [0.5, 0.6) is 0 Å². The molecule has 0 bridgehead atoms. The van der Waals surface area contributed by atoms with Crippen molar-refractivity contribution in [1.82, 2.24) is 9.88 Å². The van der Waals surface area contributed by atoms with Gasteiger partial charge in [0.25, 0.3) is 0 Å². The third-order valence-electron chi connectivity index (χ3n) is 4.18. The number of nitrogens with one attached hydrogen (secondary N) is 1. The minimum absolute atomic E-state index is 0.0748. The van der Waals surface area contributed by atoms with Gasteiger partial charge in [-0.1, -0.05) is 12.1 Å². The molecule has 0 spiro atoms. The van der Waals surface area contributed by atoms with Crippen LogP contribution in [0.15, 0.2) is 35.4 Å². The number of aliphatic hydroxyl groups excluding tert-OH is 1. The highest BCUT2D eigenvalue weighted by Crippen LogP contribution is 2.34. The van der Waals surface area contributed by atoms with Crippen molar-refractivity contribution in [2.45, 2.75) is 12.6 Å². The minimum atomic E-state index is -4.38. The van der Waals surface area contributed by atoms with Crippen molar-refractivity contribution in [1.29, 1.82) is 5.41 Å². The van der Waals surface area contributed by atoms with E-state index in [1.807, 2.05) is 0 Å². The molecule has 0 unspecified atom stereocenters. The molecule has 2 heterocycles. The molecule has 1 aliphatic heterocycles. The molecule has 1 aliphatic rings. The Labute approximate surface area is 158 Å². The first-order valence-corrected chi connectivity index (χ1v) is 9.07. The summed E-state index contributed by atoms with van der Waals surface area (Å²) in [4.78, 5) is 6.15. The van der Waals surface area contributed by atoms with Gasteiger partial charge in [0, 0.05) is 31.2 Å². The molecule has 27 heavy (non-hydrogen) atoms. The summed E-state index contributed by atoms with van der Waals surface area (Å²) in [5.74, 6) is 0.266. The number of nitrogens with zero attached hydrogens (tertiary/aromatic N) is 2. The highest BCUT2D eigenvalue weighted by Gasteiger charge is 2.31. The molecule has 0 aliphatic carbocycles. The van der Waals surface area contributed by atoms with Crippen LogP contribution in [-0.2, 0) is 10.9 Å². The maximum atomic E-state index is 12.7. The summed E-state index contributed by atoms with van der Waals surface area (Å²) in [6.07, 6.45) is -3.65. The zero-order valence-electron chi connectivity index (χ0n) is 14.5. The second-order valence-corrected chi connectivity index (χ2v) is 6.91.